The van der Waals surface area contributed by atoms with E-state index in [4.69, 9.17) is 10.5 Å². The number of nitrogens with zero attached hydrogens (tertiary/aromatic N) is 1. The Balaban J connectivity index is 1.63. The molecule has 6 heteroatoms. The lowest BCUT2D eigenvalue weighted by molar-refractivity contribution is 0.0384. The number of rotatable bonds is 6. The van der Waals surface area contributed by atoms with Crippen LogP contribution in [0.15, 0.2) is 11.4 Å². The van der Waals surface area contributed by atoms with Crippen molar-refractivity contribution < 1.29 is 9.53 Å². The lowest BCUT2D eigenvalue weighted by Gasteiger charge is -2.26. The Bertz CT molecular complexity index is 388. The van der Waals surface area contributed by atoms with Gasteiger partial charge in [-0.15, -0.1) is 11.3 Å². The van der Waals surface area contributed by atoms with Crippen molar-refractivity contribution in [1.29, 1.82) is 0 Å². The number of ether oxygens (including phenoxy) is 1. The highest BCUT2D eigenvalue weighted by Gasteiger charge is 2.09. The van der Waals surface area contributed by atoms with Gasteiger partial charge in [0, 0.05) is 43.0 Å². The first-order valence-electron chi connectivity index (χ1n) is 6.14. The van der Waals surface area contributed by atoms with Gasteiger partial charge in [-0.1, -0.05) is 0 Å². The van der Waals surface area contributed by atoms with Gasteiger partial charge in [0.15, 0.2) is 0 Å². The number of hydrogen-bond donors (Lipinski definition) is 2. The highest BCUT2D eigenvalue weighted by atomic mass is 32.1. The van der Waals surface area contributed by atoms with Crippen LogP contribution < -0.4 is 11.1 Å². The highest BCUT2D eigenvalue weighted by molar-refractivity contribution is 7.10. The van der Waals surface area contributed by atoms with Gasteiger partial charge in [0.1, 0.15) is 0 Å². The van der Waals surface area contributed by atoms with Crippen molar-refractivity contribution in [2.45, 2.75) is 6.54 Å². The first-order valence-corrected chi connectivity index (χ1v) is 7.01. The van der Waals surface area contributed by atoms with Crippen LogP contribution in [0, 0.1) is 0 Å². The van der Waals surface area contributed by atoms with Crippen molar-refractivity contribution in [2.24, 2.45) is 5.73 Å². The third-order valence-electron chi connectivity index (χ3n) is 2.95. The van der Waals surface area contributed by atoms with Gasteiger partial charge in [-0.25, -0.2) is 0 Å². The normalized spacial score (nSPS) is 16.9. The highest BCUT2D eigenvalue weighted by Crippen LogP contribution is 2.13. The number of nitrogens with two attached hydrogens (primary N) is 1. The van der Waals surface area contributed by atoms with Crippen LogP contribution >= 0.6 is 11.3 Å². The van der Waals surface area contributed by atoms with Crippen molar-refractivity contribution in [3.05, 3.63) is 21.9 Å². The first-order chi connectivity index (χ1) is 8.75. The summed E-state index contributed by atoms with van der Waals surface area (Å²) in [5, 5.41) is 5.18. The summed E-state index contributed by atoms with van der Waals surface area (Å²) in [4.78, 5) is 14.5. The molecule has 1 amide bonds. The molecule has 100 valence electrons. The number of thiophene rings is 1. The van der Waals surface area contributed by atoms with E-state index < -0.39 is 0 Å². The van der Waals surface area contributed by atoms with Crippen molar-refractivity contribution in [1.82, 2.24) is 10.2 Å². The van der Waals surface area contributed by atoms with Crippen LogP contribution in [-0.2, 0) is 11.3 Å². The second-order valence-corrected chi connectivity index (χ2v) is 5.29. The number of primary amides is 1. The molecule has 3 N–H and O–H groups in total. The summed E-state index contributed by atoms with van der Waals surface area (Å²) >= 11 is 1.57. The Labute approximate surface area is 111 Å². The number of morpholine rings is 1. The fourth-order valence-corrected chi connectivity index (χ4v) is 2.72. The molecule has 0 radical (unpaired) electrons. The number of hydrogen-bond acceptors (Lipinski definition) is 5. The molecule has 0 spiro atoms. The zero-order valence-electron chi connectivity index (χ0n) is 10.4. The van der Waals surface area contributed by atoms with Gasteiger partial charge in [0.05, 0.1) is 18.8 Å². The van der Waals surface area contributed by atoms with E-state index in [1.165, 1.54) is 0 Å². The Hall–Kier alpha value is -0.950. The van der Waals surface area contributed by atoms with Crippen molar-refractivity contribution in [3.8, 4) is 0 Å². The molecule has 0 aliphatic carbocycles. The second-order valence-electron chi connectivity index (χ2n) is 4.30. The monoisotopic (exact) mass is 269 g/mol. The first kappa shape index (κ1) is 13.5. The van der Waals surface area contributed by atoms with Crippen LogP contribution in [0.4, 0.5) is 0 Å². The van der Waals surface area contributed by atoms with E-state index in [1.807, 2.05) is 6.07 Å². The molecule has 1 aromatic heterocycles. The number of amides is 1. The minimum Gasteiger partial charge on any atom is -0.379 e. The fourth-order valence-electron chi connectivity index (χ4n) is 1.88. The molecule has 0 bridgehead atoms. The summed E-state index contributed by atoms with van der Waals surface area (Å²) in [6.45, 7) is 6.50. The average Bonchev–Trinajstić information content (AvgIpc) is 2.85. The topological polar surface area (TPSA) is 67.6 Å². The van der Waals surface area contributed by atoms with E-state index in [-0.39, 0.29) is 5.91 Å². The van der Waals surface area contributed by atoms with Crippen molar-refractivity contribution in [2.75, 3.05) is 39.4 Å². The fraction of sp³-hybridized carbons (Fsp3) is 0.583. The van der Waals surface area contributed by atoms with Crippen LogP contribution in [0.3, 0.4) is 0 Å². The Morgan fingerprint density at radius 1 is 1.50 bits per heavy atom. The Morgan fingerprint density at radius 3 is 2.94 bits per heavy atom. The summed E-state index contributed by atoms with van der Waals surface area (Å²) < 4.78 is 5.30. The van der Waals surface area contributed by atoms with Crippen molar-refractivity contribution >= 4 is 17.2 Å². The third kappa shape index (κ3) is 4.06. The van der Waals surface area contributed by atoms with Gasteiger partial charge >= 0.3 is 0 Å². The molecule has 5 nitrogen and oxygen atoms in total. The lowest BCUT2D eigenvalue weighted by Crippen LogP contribution is -2.40. The molecular weight excluding hydrogens is 250 g/mol. The summed E-state index contributed by atoms with van der Waals surface area (Å²) in [6.07, 6.45) is 0. The Kier molecular flexibility index (Phi) is 5.12. The maximum Gasteiger partial charge on any atom is 0.249 e. The SMILES string of the molecule is NC(=O)c1csc(CNCCN2CCOCC2)c1. The van der Waals surface area contributed by atoms with E-state index in [9.17, 15) is 4.79 Å². The standard InChI is InChI=1S/C12H19N3O2S/c13-12(16)10-7-11(18-9-10)8-14-1-2-15-3-5-17-6-4-15/h7,9,14H,1-6,8H2,(H2,13,16). The van der Waals surface area contributed by atoms with Crippen LogP contribution in [0.25, 0.3) is 0 Å². The van der Waals surface area contributed by atoms with Crippen molar-refractivity contribution in [3.63, 3.8) is 0 Å². The molecule has 1 saturated heterocycles. The average molecular weight is 269 g/mol. The van der Waals surface area contributed by atoms with Gasteiger partial charge in [0.25, 0.3) is 0 Å². The maximum absolute atomic E-state index is 10.9. The zero-order chi connectivity index (χ0) is 12.8. The van der Waals surface area contributed by atoms with E-state index in [1.54, 1.807) is 16.7 Å². The van der Waals surface area contributed by atoms with Crippen LogP contribution in [-0.4, -0.2) is 50.2 Å². The van der Waals surface area contributed by atoms with Gasteiger partial charge in [-0.2, -0.15) is 0 Å². The van der Waals surface area contributed by atoms with Crippen LogP contribution in [0.5, 0.6) is 0 Å². The smallest absolute Gasteiger partial charge is 0.249 e. The minimum absolute atomic E-state index is 0.356. The quantitative estimate of drug-likeness (QED) is 0.727. The molecule has 0 saturated carbocycles. The Morgan fingerprint density at radius 2 is 2.28 bits per heavy atom. The van der Waals surface area contributed by atoms with Gasteiger partial charge < -0.3 is 15.8 Å². The zero-order valence-corrected chi connectivity index (χ0v) is 11.2. The molecule has 18 heavy (non-hydrogen) atoms. The van der Waals surface area contributed by atoms with Gasteiger partial charge in [-0.05, 0) is 6.07 Å². The third-order valence-corrected chi connectivity index (χ3v) is 3.88. The molecule has 2 heterocycles. The van der Waals surface area contributed by atoms with E-state index in [0.29, 0.717) is 5.56 Å². The van der Waals surface area contributed by atoms with E-state index >= 15 is 0 Å². The maximum atomic E-state index is 10.9. The van der Waals surface area contributed by atoms with Crippen LogP contribution in [0.1, 0.15) is 15.2 Å². The summed E-state index contributed by atoms with van der Waals surface area (Å²) in [5.74, 6) is -0.356. The predicted molar refractivity (Wildman–Crippen MR) is 71.8 cm³/mol. The predicted octanol–water partition coefficient (Wildman–Crippen LogP) is 0.269. The van der Waals surface area contributed by atoms with E-state index in [2.05, 4.69) is 10.2 Å². The molecule has 1 aromatic rings. The molecule has 0 aromatic carbocycles. The molecule has 1 aliphatic heterocycles. The van der Waals surface area contributed by atoms with Gasteiger partial charge in [0.2, 0.25) is 5.91 Å². The molecule has 1 aliphatic rings. The van der Waals surface area contributed by atoms with Crippen LogP contribution in [0.2, 0.25) is 0 Å². The largest absolute Gasteiger partial charge is 0.379 e. The minimum atomic E-state index is -0.356. The molecule has 1 fully saturated rings. The lowest BCUT2D eigenvalue weighted by atomic mass is 10.3. The summed E-state index contributed by atoms with van der Waals surface area (Å²) in [7, 11) is 0. The summed E-state index contributed by atoms with van der Waals surface area (Å²) in [6, 6.07) is 1.86. The second kappa shape index (κ2) is 6.84. The molecule has 0 unspecified atom stereocenters. The number of carbonyl (C=O) groups is 1. The molecule has 0 atom stereocenters. The van der Waals surface area contributed by atoms with E-state index in [0.717, 1.165) is 50.8 Å². The number of nitrogens with one attached hydrogen (secondary N) is 1. The summed E-state index contributed by atoms with van der Waals surface area (Å²) in [5.41, 5.74) is 5.81. The molecule has 2 rings (SSSR count). The van der Waals surface area contributed by atoms with Gasteiger partial charge in [-0.3, -0.25) is 9.69 Å². The number of carbonyl (C=O) groups excluding carboxylic acids is 1. The molecular formula is C12H19N3O2S.